The number of nitrogens with two attached hydrogens (primary N) is 1. The second-order valence-electron chi connectivity index (χ2n) is 5.95. The summed E-state index contributed by atoms with van der Waals surface area (Å²) in [5.74, 6) is 0. The summed E-state index contributed by atoms with van der Waals surface area (Å²) in [4.78, 5) is 2.40. The molecule has 1 saturated carbocycles. The summed E-state index contributed by atoms with van der Waals surface area (Å²) < 4.78 is 1.15. The van der Waals surface area contributed by atoms with Crippen LogP contribution in [0.4, 0.5) is 0 Å². The van der Waals surface area contributed by atoms with Gasteiger partial charge in [-0.2, -0.15) is 0 Å². The fraction of sp³-hybridized carbons (Fsp3) is 0.600. The summed E-state index contributed by atoms with van der Waals surface area (Å²) in [6, 6.07) is 8.89. The van der Waals surface area contributed by atoms with Crippen LogP contribution in [0.1, 0.15) is 31.7 Å². The topological polar surface area (TPSA) is 29.3 Å². The fourth-order valence-corrected chi connectivity index (χ4v) is 3.52. The van der Waals surface area contributed by atoms with Crippen molar-refractivity contribution in [3.05, 3.63) is 34.3 Å². The number of benzene rings is 1. The van der Waals surface area contributed by atoms with E-state index in [0.717, 1.165) is 17.6 Å². The standard InChI is InChI=1S/C15H23BrN2/c1-15(8-4-7-14(15)17)11-18(2)10-12-5-3-6-13(16)9-12/h3,5-6,9,14H,4,7-8,10-11,17H2,1-2H3. The molecule has 0 spiro atoms. The van der Waals surface area contributed by atoms with Crippen molar-refractivity contribution in [1.82, 2.24) is 4.90 Å². The third-order valence-electron chi connectivity index (χ3n) is 4.13. The molecule has 18 heavy (non-hydrogen) atoms. The van der Waals surface area contributed by atoms with E-state index in [1.807, 2.05) is 0 Å². The molecular weight excluding hydrogens is 288 g/mol. The Kier molecular flexibility index (Phi) is 4.46. The number of hydrogen-bond acceptors (Lipinski definition) is 2. The lowest BCUT2D eigenvalue weighted by Crippen LogP contribution is -2.42. The van der Waals surface area contributed by atoms with Gasteiger partial charge < -0.3 is 10.6 Å². The SMILES string of the molecule is CN(Cc1cccc(Br)c1)CC1(C)CCCC1N. The van der Waals surface area contributed by atoms with Crippen molar-refractivity contribution in [2.75, 3.05) is 13.6 Å². The Balaban J connectivity index is 1.94. The van der Waals surface area contributed by atoms with Gasteiger partial charge in [0.2, 0.25) is 0 Å². The van der Waals surface area contributed by atoms with Crippen LogP contribution < -0.4 is 5.73 Å². The molecule has 1 aliphatic rings. The summed E-state index contributed by atoms with van der Waals surface area (Å²) in [7, 11) is 2.19. The average Bonchev–Trinajstić information content (AvgIpc) is 2.58. The van der Waals surface area contributed by atoms with Crippen molar-refractivity contribution in [1.29, 1.82) is 0 Å². The Bertz CT molecular complexity index is 407. The van der Waals surface area contributed by atoms with Crippen molar-refractivity contribution in [3.63, 3.8) is 0 Å². The van der Waals surface area contributed by atoms with E-state index in [9.17, 15) is 0 Å². The smallest absolute Gasteiger partial charge is 0.0231 e. The summed E-state index contributed by atoms with van der Waals surface area (Å²) in [6.45, 7) is 4.41. The molecular formula is C15H23BrN2. The molecule has 0 saturated heterocycles. The summed E-state index contributed by atoms with van der Waals surface area (Å²) in [6.07, 6.45) is 3.72. The second-order valence-corrected chi connectivity index (χ2v) is 6.87. The highest BCUT2D eigenvalue weighted by molar-refractivity contribution is 9.10. The number of hydrogen-bond donors (Lipinski definition) is 1. The van der Waals surface area contributed by atoms with E-state index in [1.165, 1.54) is 24.8 Å². The molecule has 0 heterocycles. The van der Waals surface area contributed by atoms with Gasteiger partial charge in [-0.1, -0.05) is 41.4 Å². The largest absolute Gasteiger partial charge is 0.327 e. The van der Waals surface area contributed by atoms with Crippen LogP contribution in [0, 0.1) is 5.41 Å². The molecule has 2 unspecified atom stereocenters. The molecule has 100 valence electrons. The van der Waals surface area contributed by atoms with E-state index >= 15 is 0 Å². The van der Waals surface area contributed by atoms with Crippen LogP contribution in [0.2, 0.25) is 0 Å². The normalized spacial score (nSPS) is 27.9. The van der Waals surface area contributed by atoms with Crippen LogP contribution in [-0.4, -0.2) is 24.5 Å². The van der Waals surface area contributed by atoms with Crippen LogP contribution in [0.5, 0.6) is 0 Å². The highest BCUT2D eigenvalue weighted by atomic mass is 79.9. The maximum absolute atomic E-state index is 6.24. The van der Waals surface area contributed by atoms with Crippen molar-refractivity contribution in [2.45, 2.75) is 38.8 Å². The zero-order valence-corrected chi connectivity index (χ0v) is 12.9. The maximum Gasteiger partial charge on any atom is 0.0231 e. The van der Waals surface area contributed by atoms with Crippen LogP contribution >= 0.6 is 15.9 Å². The van der Waals surface area contributed by atoms with Gasteiger partial charge in [-0.3, -0.25) is 0 Å². The van der Waals surface area contributed by atoms with Gasteiger partial charge in [0.25, 0.3) is 0 Å². The van der Waals surface area contributed by atoms with Crippen LogP contribution in [-0.2, 0) is 6.54 Å². The van der Waals surface area contributed by atoms with E-state index in [0.29, 0.717) is 11.5 Å². The Labute approximate surface area is 119 Å². The zero-order valence-electron chi connectivity index (χ0n) is 11.3. The molecule has 2 N–H and O–H groups in total. The maximum atomic E-state index is 6.24. The molecule has 0 aliphatic heterocycles. The third-order valence-corrected chi connectivity index (χ3v) is 4.62. The van der Waals surface area contributed by atoms with Gasteiger partial charge >= 0.3 is 0 Å². The van der Waals surface area contributed by atoms with Gasteiger partial charge in [-0.15, -0.1) is 0 Å². The van der Waals surface area contributed by atoms with E-state index in [2.05, 4.69) is 59.1 Å². The molecule has 0 amide bonds. The lowest BCUT2D eigenvalue weighted by atomic mass is 9.84. The Hall–Kier alpha value is -0.380. The minimum absolute atomic E-state index is 0.292. The molecule has 2 atom stereocenters. The highest BCUT2D eigenvalue weighted by Crippen LogP contribution is 2.37. The Morgan fingerprint density at radius 3 is 2.89 bits per heavy atom. The first-order valence-electron chi connectivity index (χ1n) is 6.68. The number of halogens is 1. The predicted octanol–water partition coefficient (Wildman–Crippen LogP) is 3.40. The molecule has 3 heteroatoms. The van der Waals surface area contributed by atoms with E-state index in [4.69, 9.17) is 5.73 Å². The predicted molar refractivity (Wildman–Crippen MR) is 80.4 cm³/mol. The molecule has 0 radical (unpaired) electrons. The molecule has 1 aromatic carbocycles. The van der Waals surface area contributed by atoms with E-state index in [1.54, 1.807) is 0 Å². The highest BCUT2D eigenvalue weighted by Gasteiger charge is 2.36. The molecule has 0 aromatic heterocycles. The van der Waals surface area contributed by atoms with Crippen molar-refractivity contribution in [2.24, 2.45) is 11.1 Å². The first-order chi connectivity index (χ1) is 8.49. The van der Waals surface area contributed by atoms with Gasteiger partial charge in [0.15, 0.2) is 0 Å². The average molecular weight is 311 g/mol. The molecule has 2 nitrogen and oxygen atoms in total. The first kappa shape index (κ1) is 14.0. The number of nitrogens with zero attached hydrogens (tertiary/aromatic N) is 1. The lowest BCUT2D eigenvalue weighted by molar-refractivity contribution is 0.173. The van der Waals surface area contributed by atoms with Crippen molar-refractivity contribution >= 4 is 15.9 Å². The fourth-order valence-electron chi connectivity index (χ4n) is 3.08. The summed E-state index contributed by atoms with van der Waals surface area (Å²) >= 11 is 3.52. The van der Waals surface area contributed by atoms with Crippen molar-refractivity contribution < 1.29 is 0 Å². The summed E-state index contributed by atoms with van der Waals surface area (Å²) in [5, 5.41) is 0. The zero-order chi connectivity index (χ0) is 13.2. The minimum atomic E-state index is 0.292. The minimum Gasteiger partial charge on any atom is -0.327 e. The molecule has 1 aliphatic carbocycles. The van der Waals surface area contributed by atoms with Crippen LogP contribution in [0.25, 0.3) is 0 Å². The molecule has 2 rings (SSSR count). The Morgan fingerprint density at radius 1 is 1.50 bits per heavy atom. The van der Waals surface area contributed by atoms with Gasteiger partial charge in [-0.25, -0.2) is 0 Å². The van der Waals surface area contributed by atoms with E-state index in [-0.39, 0.29) is 0 Å². The molecule has 0 bridgehead atoms. The van der Waals surface area contributed by atoms with Gasteiger partial charge in [0.05, 0.1) is 0 Å². The van der Waals surface area contributed by atoms with Gasteiger partial charge in [-0.05, 0) is 43.0 Å². The summed E-state index contributed by atoms with van der Waals surface area (Å²) in [5.41, 5.74) is 7.89. The Morgan fingerprint density at radius 2 is 2.28 bits per heavy atom. The van der Waals surface area contributed by atoms with Crippen LogP contribution in [0.15, 0.2) is 28.7 Å². The molecule has 1 aromatic rings. The van der Waals surface area contributed by atoms with Gasteiger partial charge in [0, 0.05) is 23.6 Å². The van der Waals surface area contributed by atoms with Crippen LogP contribution in [0.3, 0.4) is 0 Å². The monoisotopic (exact) mass is 310 g/mol. The second kappa shape index (κ2) is 5.72. The van der Waals surface area contributed by atoms with Gasteiger partial charge in [0.1, 0.15) is 0 Å². The third kappa shape index (κ3) is 3.34. The van der Waals surface area contributed by atoms with Crippen molar-refractivity contribution in [3.8, 4) is 0 Å². The first-order valence-corrected chi connectivity index (χ1v) is 7.47. The molecule has 1 fully saturated rings. The number of rotatable bonds is 4. The quantitative estimate of drug-likeness (QED) is 0.923. The lowest BCUT2D eigenvalue weighted by Gasteiger charge is -2.33. The van der Waals surface area contributed by atoms with E-state index < -0.39 is 0 Å².